The van der Waals surface area contributed by atoms with Gasteiger partial charge in [0.2, 0.25) is 5.91 Å². The maximum absolute atomic E-state index is 12.8. The van der Waals surface area contributed by atoms with Gasteiger partial charge in [0, 0.05) is 31.7 Å². The van der Waals surface area contributed by atoms with E-state index in [0.717, 1.165) is 48.4 Å². The van der Waals surface area contributed by atoms with E-state index in [4.69, 9.17) is 0 Å². The summed E-state index contributed by atoms with van der Waals surface area (Å²) in [6.45, 7) is 8.41. The van der Waals surface area contributed by atoms with Gasteiger partial charge in [-0.1, -0.05) is 35.9 Å². The first-order chi connectivity index (χ1) is 16.5. The number of hydrogen-bond acceptors (Lipinski definition) is 5. The van der Waals surface area contributed by atoms with Crippen molar-refractivity contribution in [1.82, 2.24) is 25.1 Å². The minimum atomic E-state index is 0.0235. The fourth-order valence-corrected chi connectivity index (χ4v) is 4.51. The highest BCUT2D eigenvalue weighted by Gasteiger charge is 2.27. The Balaban J connectivity index is 1.24. The summed E-state index contributed by atoms with van der Waals surface area (Å²) in [6.07, 6.45) is 5.18. The van der Waals surface area contributed by atoms with E-state index in [1.807, 2.05) is 10.9 Å². The average Bonchev–Trinajstić information content (AvgIpc) is 3.29. The van der Waals surface area contributed by atoms with Crippen LogP contribution >= 0.6 is 0 Å². The Morgan fingerprint density at radius 3 is 2.50 bits per heavy atom. The molecule has 174 valence electrons. The summed E-state index contributed by atoms with van der Waals surface area (Å²) in [5.74, 6) is 1.05. The van der Waals surface area contributed by atoms with Gasteiger partial charge < -0.3 is 10.2 Å². The molecule has 7 heteroatoms. The van der Waals surface area contributed by atoms with Crippen molar-refractivity contribution in [3.05, 3.63) is 77.2 Å². The number of rotatable bonds is 5. The van der Waals surface area contributed by atoms with Gasteiger partial charge in [-0.15, -0.1) is 5.10 Å². The number of fused-ring (bicyclic) bond motifs is 1. The van der Waals surface area contributed by atoms with Crippen LogP contribution in [-0.2, 0) is 11.3 Å². The van der Waals surface area contributed by atoms with Crippen molar-refractivity contribution in [2.24, 2.45) is 5.92 Å². The molecule has 1 saturated heterocycles. The lowest BCUT2D eigenvalue weighted by molar-refractivity contribution is -0.125. The molecule has 5 rings (SSSR count). The summed E-state index contributed by atoms with van der Waals surface area (Å²) >= 11 is 0. The molecule has 1 N–H and O–H groups in total. The molecular weight excluding hydrogens is 424 g/mol. The van der Waals surface area contributed by atoms with Crippen LogP contribution in [0.15, 0.2) is 55.0 Å². The van der Waals surface area contributed by atoms with Gasteiger partial charge in [0.05, 0.1) is 11.1 Å². The van der Waals surface area contributed by atoms with Crippen LogP contribution in [0.4, 0.5) is 5.82 Å². The molecule has 0 radical (unpaired) electrons. The second kappa shape index (κ2) is 9.25. The molecule has 34 heavy (non-hydrogen) atoms. The average molecular weight is 455 g/mol. The maximum atomic E-state index is 12.8. The molecule has 2 aromatic heterocycles. The Morgan fingerprint density at radius 1 is 1.00 bits per heavy atom. The summed E-state index contributed by atoms with van der Waals surface area (Å²) in [5.41, 5.74) is 6.55. The topological polar surface area (TPSA) is 75.9 Å². The highest BCUT2D eigenvalue weighted by molar-refractivity contribution is 5.87. The minimum absolute atomic E-state index is 0.0235. The Bertz CT molecular complexity index is 1320. The Kier molecular flexibility index (Phi) is 6.01. The molecule has 0 aliphatic carbocycles. The fourth-order valence-electron chi connectivity index (χ4n) is 4.51. The first-order valence-corrected chi connectivity index (χ1v) is 11.8. The van der Waals surface area contributed by atoms with Crippen molar-refractivity contribution in [3.63, 3.8) is 0 Å². The van der Waals surface area contributed by atoms with Gasteiger partial charge in [0.1, 0.15) is 12.1 Å². The number of carbonyl (C=O) groups excluding carboxylic acids is 1. The summed E-state index contributed by atoms with van der Waals surface area (Å²) in [5, 5.41) is 8.71. The van der Waals surface area contributed by atoms with Gasteiger partial charge in [-0.3, -0.25) is 4.79 Å². The normalized spacial score (nSPS) is 14.5. The van der Waals surface area contributed by atoms with Crippen LogP contribution < -0.4 is 10.2 Å². The molecule has 0 atom stereocenters. The Hall–Kier alpha value is -3.74. The first-order valence-electron chi connectivity index (χ1n) is 11.8. The maximum Gasteiger partial charge on any atom is 0.223 e. The molecule has 0 saturated carbocycles. The number of amides is 1. The van der Waals surface area contributed by atoms with E-state index >= 15 is 0 Å². The third-order valence-electron chi connectivity index (χ3n) is 6.80. The molecule has 0 unspecified atom stereocenters. The molecule has 4 aromatic rings. The smallest absolute Gasteiger partial charge is 0.223 e. The second-order valence-electron chi connectivity index (χ2n) is 9.24. The third-order valence-corrected chi connectivity index (χ3v) is 6.80. The van der Waals surface area contributed by atoms with E-state index in [1.165, 1.54) is 16.7 Å². The zero-order chi connectivity index (χ0) is 23.7. The van der Waals surface area contributed by atoms with E-state index in [0.29, 0.717) is 12.2 Å². The van der Waals surface area contributed by atoms with Crippen LogP contribution in [0.1, 0.15) is 35.1 Å². The fraction of sp³-hybridized carbons (Fsp3) is 0.333. The largest absolute Gasteiger partial charge is 0.356 e. The highest BCUT2D eigenvalue weighted by atomic mass is 16.1. The number of hydrogen-bond donors (Lipinski definition) is 1. The zero-order valence-corrected chi connectivity index (χ0v) is 20.0. The van der Waals surface area contributed by atoms with E-state index in [1.54, 1.807) is 6.33 Å². The molecule has 0 bridgehead atoms. The predicted molar refractivity (Wildman–Crippen MR) is 134 cm³/mol. The Morgan fingerprint density at radius 2 is 1.76 bits per heavy atom. The van der Waals surface area contributed by atoms with Crippen LogP contribution in [0.2, 0.25) is 0 Å². The van der Waals surface area contributed by atoms with E-state index < -0.39 is 0 Å². The lowest BCUT2D eigenvalue weighted by Crippen LogP contribution is -2.40. The van der Waals surface area contributed by atoms with Crippen molar-refractivity contribution in [1.29, 1.82) is 0 Å². The van der Waals surface area contributed by atoms with Crippen LogP contribution in [0.5, 0.6) is 0 Å². The highest BCUT2D eigenvalue weighted by Crippen LogP contribution is 2.28. The van der Waals surface area contributed by atoms with E-state index in [2.05, 4.69) is 88.5 Å². The molecule has 2 aromatic carbocycles. The van der Waals surface area contributed by atoms with Crippen molar-refractivity contribution in [2.45, 2.75) is 40.2 Å². The standard InChI is InChI=1S/C27H30N6O/c1-18-4-8-23(9-5-18)33-16-24-25(31-33)29-17-30-26(24)32-12-10-22(11-13-32)27(34)28-15-21-7-6-19(2)20(3)14-21/h4-9,14,16-17,22H,10-13,15H2,1-3H3,(H,28,34). The monoisotopic (exact) mass is 454 g/mol. The molecule has 1 aliphatic rings. The van der Waals surface area contributed by atoms with E-state index in [-0.39, 0.29) is 11.8 Å². The zero-order valence-electron chi connectivity index (χ0n) is 20.0. The molecule has 1 aliphatic heterocycles. The lowest BCUT2D eigenvalue weighted by atomic mass is 9.95. The van der Waals surface area contributed by atoms with Gasteiger partial charge in [0.15, 0.2) is 5.65 Å². The van der Waals surface area contributed by atoms with Crippen LogP contribution in [0, 0.1) is 26.7 Å². The van der Waals surface area contributed by atoms with Gasteiger partial charge in [0.25, 0.3) is 0 Å². The van der Waals surface area contributed by atoms with Crippen molar-refractivity contribution in [2.75, 3.05) is 18.0 Å². The number of aryl methyl sites for hydroxylation is 3. The number of carbonyl (C=O) groups is 1. The number of nitrogens with one attached hydrogen (secondary N) is 1. The third kappa shape index (κ3) is 4.51. The lowest BCUT2D eigenvalue weighted by Gasteiger charge is -2.32. The first kappa shape index (κ1) is 22.1. The van der Waals surface area contributed by atoms with Gasteiger partial charge in [-0.05, 0) is 62.4 Å². The van der Waals surface area contributed by atoms with Crippen LogP contribution in [-0.4, -0.2) is 38.7 Å². The quantitative estimate of drug-likeness (QED) is 0.487. The van der Waals surface area contributed by atoms with Crippen molar-refractivity contribution in [3.8, 4) is 5.69 Å². The van der Waals surface area contributed by atoms with Crippen molar-refractivity contribution < 1.29 is 4.79 Å². The van der Waals surface area contributed by atoms with E-state index in [9.17, 15) is 4.79 Å². The number of nitrogens with zero attached hydrogens (tertiary/aromatic N) is 5. The number of piperidine rings is 1. The molecule has 0 spiro atoms. The number of benzene rings is 2. The minimum Gasteiger partial charge on any atom is -0.356 e. The number of anilines is 1. The molecule has 1 fully saturated rings. The van der Waals surface area contributed by atoms with Gasteiger partial charge in [-0.2, -0.15) is 0 Å². The molecule has 1 amide bonds. The van der Waals surface area contributed by atoms with Crippen LogP contribution in [0.3, 0.4) is 0 Å². The molecular formula is C27H30N6O. The summed E-state index contributed by atoms with van der Waals surface area (Å²) in [4.78, 5) is 24.0. The summed E-state index contributed by atoms with van der Waals surface area (Å²) in [7, 11) is 0. The number of aromatic nitrogens is 4. The van der Waals surface area contributed by atoms with Crippen molar-refractivity contribution >= 4 is 22.8 Å². The predicted octanol–water partition coefficient (Wildman–Crippen LogP) is 4.27. The molecule has 3 heterocycles. The summed E-state index contributed by atoms with van der Waals surface area (Å²) < 4.78 is 1.86. The van der Waals surface area contributed by atoms with Crippen LogP contribution in [0.25, 0.3) is 16.7 Å². The van der Waals surface area contributed by atoms with Gasteiger partial charge in [-0.25, -0.2) is 14.6 Å². The van der Waals surface area contributed by atoms with Gasteiger partial charge >= 0.3 is 0 Å². The summed E-state index contributed by atoms with van der Waals surface area (Å²) in [6, 6.07) is 14.6. The Labute approximate surface area is 199 Å². The SMILES string of the molecule is Cc1ccc(-n2cc3c(N4CCC(C(=O)NCc5ccc(C)c(C)c5)CC4)ncnc3n2)cc1. The molecule has 7 nitrogen and oxygen atoms in total. The second-order valence-corrected chi connectivity index (χ2v) is 9.24.